The first kappa shape index (κ1) is 14.0. The van der Waals surface area contributed by atoms with Crippen molar-refractivity contribution in [2.75, 3.05) is 19.6 Å². The summed E-state index contributed by atoms with van der Waals surface area (Å²) in [6, 6.07) is 1.71. The average molecular weight is 298 g/mol. The van der Waals surface area contributed by atoms with Gasteiger partial charge in [0.15, 0.2) is 5.03 Å². The first-order valence-corrected chi connectivity index (χ1v) is 8.81. The van der Waals surface area contributed by atoms with Crippen molar-refractivity contribution < 1.29 is 8.42 Å². The Balaban J connectivity index is 1.93. The molecule has 0 radical (unpaired) electrons. The van der Waals surface area contributed by atoms with Crippen LogP contribution in [-0.4, -0.2) is 48.2 Å². The molecule has 20 heavy (non-hydrogen) atoms. The van der Waals surface area contributed by atoms with Gasteiger partial charge in [-0.1, -0.05) is 6.92 Å². The summed E-state index contributed by atoms with van der Waals surface area (Å²) in [5, 5.41) is 7.86. The second kappa shape index (κ2) is 5.46. The van der Waals surface area contributed by atoms with E-state index < -0.39 is 10.0 Å². The number of aromatic nitrogens is 2. The van der Waals surface area contributed by atoms with E-state index in [0.29, 0.717) is 24.0 Å². The van der Waals surface area contributed by atoms with Gasteiger partial charge >= 0.3 is 0 Å². The summed E-state index contributed by atoms with van der Waals surface area (Å²) in [5.41, 5.74) is 0. The highest BCUT2D eigenvalue weighted by molar-refractivity contribution is 7.89. The highest BCUT2D eigenvalue weighted by Crippen LogP contribution is 2.29. The maximum Gasteiger partial charge on any atom is 0.260 e. The van der Waals surface area contributed by atoms with E-state index >= 15 is 0 Å². The summed E-state index contributed by atoms with van der Waals surface area (Å²) < 4.78 is 29.2. The molecule has 1 aromatic rings. The summed E-state index contributed by atoms with van der Waals surface area (Å²) >= 11 is 0. The number of nitrogens with one attached hydrogen (secondary N) is 1. The molecule has 0 amide bonds. The Bertz CT molecular complexity index is 565. The fourth-order valence-corrected chi connectivity index (χ4v) is 5.08. The van der Waals surface area contributed by atoms with Gasteiger partial charge in [-0.2, -0.15) is 9.40 Å². The van der Waals surface area contributed by atoms with E-state index in [-0.39, 0.29) is 6.04 Å². The molecule has 6 nitrogen and oxygen atoms in total. The Hall–Kier alpha value is -0.920. The highest BCUT2D eigenvalue weighted by atomic mass is 32.2. The van der Waals surface area contributed by atoms with Crippen LogP contribution in [0.3, 0.4) is 0 Å². The average Bonchev–Trinajstić information content (AvgIpc) is 2.68. The number of nitrogens with zero attached hydrogens (tertiary/aromatic N) is 3. The Morgan fingerprint density at radius 3 is 3.05 bits per heavy atom. The number of rotatable bonds is 4. The molecule has 3 fully saturated rings. The zero-order chi connectivity index (χ0) is 14.2. The standard InChI is InChI=1S/C13H22N4O2S/c1-2-7-16-13(5-6-15-16)20(18,19)17-10-11-3-4-12(17)9-14-8-11/h5-6,11-12,14H,2-4,7-10H2,1H3/t11-,12+/m1/s1. The minimum absolute atomic E-state index is 0.0868. The van der Waals surface area contributed by atoms with Gasteiger partial charge in [-0.05, 0) is 37.8 Å². The normalized spacial score (nSPS) is 27.6. The largest absolute Gasteiger partial charge is 0.315 e. The van der Waals surface area contributed by atoms with Crippen LogP contribution in [0.4, 0.5) is 0 Å². The van der Waals surface area contributed by atoms with Crippen LogP contribution in [0.2, 0.25) is 0 Å². The van der Waals surface area contributed by atoms with E-state index in [1.807, 2.05) is 6.92 Å². The van der Waals surface area contributed by atoms with E-state index in [0.717, 1.165) is 32.4 Å². The third-order valence-corrected chi connectivity index (χ3v) is 6.19. The van der Waals surface area contributed by atoms with Gasteiger partial charge in [0.2, 0.25) is 0 Å². The third kappa shape index (κ3) is 2.38. The second-order valence-electron chi connectivity index (χ2n) is 5.72. The molecule has 7 heteroatoms. The van der Waals surface area contributed by atoms with Crippen molar-refractivity contribution in [1.82, 2.24) is 19.4 Å². The molecule has 1 N–H and O–H groups in total. The zero-order valence-electron chi connectivity index (χ0n) is 11.8. The predicted octanol–water partition coefficient (Wildman–Crippen LogP) is 0.666. The van der Waals surface area contributed by atoms with Crippen molar-refractivity contribution >= 4 is 10.0 Å². The van der Waals surface area contributed by atoms with Gasteiger partial charge in [0.1, 0.15) is 0 Å². The number of sulfonamides is 1. The fraction of sp³-hybridized carbons (Fsp3) is 0.769. The summed E-state index contributed by atoms with van der Waals surface area (Å²) in [7, 11) is -3.43. The van der Waals surface area contributed by atoms with Crippen LogP contribution in [0, 0.1) is 5.92 Å². The van der Waals surface area contributed by atoms with E-state index in [1.54, 1.807) is 21.3 Å². The molecule has 0 spiro atoms. The lowest BCUT2D eigenvalue weighted by molar-refractivity contribution is 0.229. The predicted molar refractivity (Wildman–Crippen MR) is 75.8 cm³/mol. The first-order valence-electron chi connectivity index (χ1n) is 7.37. The van der Waals surface area contributed by atoms with Gasteiger partial charge in [-0.25, -0.2) is 8.42 Å². The van der Waals surface area contributed by atoms with Gasteiger partial charge in [0.05, 0.1) is 6.20 Å². The minimum Gasteiger partial charge on any atom is -0.315 e. The van der Waals surface area contributed by atoms with Gasteiger partial charge in [0, 0.05) is 25.7 Å². The van der Waals surface area contributed by atoms with Crippen molar-refractivity contribution in [1.29, 1.82) is 0 Å². The molecular formula is C13H22N4O2S. The van der Waals surface area contributed by atoms with E-state index in [9.17, 15) is 8.42 Å². The van der Waals surface area contributed by atoms with Gasteiger partial charge in [-0.3, -0.25) is 4.68 Å². The number of fused-ring (bicyclic) bond motifs is 4. The van der Waals surface area contributed by atoms with Crippen LogP contribution in [0.15, 0.2) is 17.3 Å². The summed E-state index contributed by atoms with van der Waals surface area (Å²) in [6.45, 7) is 4.99. The van der Waals surface area contributed by atoms with E-state index in [1.165, 1.54) is 0 Å². The number of hydrogen-bond donors (Lipinski definition) is 1. The Labute approximate surface area is 120 Å². The van der Waals surface area contributed by atoms with Crippen molar-refractivity contribution in [3.63, 3.8) is 0 Å². The highest BCUT2D eigenvalue weighted by Gasteiger charge is 2.40. The fourth-order valence-electron chi connectivity index (χ4n) is 3.23. The maximum atomic E-state index is 12.9. The lowest BCUT2D eigenvalue weighted by Crippen LogP contribution is -2.47. The molecule has 0 aliphatic carbocycles. The van der Waals surface area contributed by atoms with Crippen molar-refractivity contribution in [2.24, 2.45) is 5.92 Å². The zero-order valence-corrected chi connectivity index (χ0v) is 12.6. The molecule has 2 atom stereocenters. The van der Waals surface area contributed by atoms with Gasteiger partial charge < -0.3 is 5.32 Å². The Kier molecular flexibility index (Phi) is 3.83. The van der Waals surface area contributed by atoms with Crippen LogP contribution in [-0.2, 0) is 16.6 Å². The quantitative estimate of drug-likeness (QED) is 0.887. The molecule has 112 valence electrons. The third-order valence-electron chi connectivity index (χ3n) is 4.25. The first-order chi connectivity index (χ1) is 9.63. The van der Waals surface area contributed by atoms with Crippen molar-refractivity contribution in [2.45, 2.75) is 43.8 Å². The minimum atomic E-state index is -3.43. The molecule has 3 aliphatic heterocycles. The van der Waals surface area contributed by atoms with Crippen molar-refractivity contribution in [3.05, 3.63) is 12.3 Å². The summed E-state index contributed by atoms with van der Waals surface area (Å²) in [4.78, 5) is 0. The van der Waals surface area contributed by atoms with Crippen LogP contribution in [0.5, 0.6) is 0 Å². The number of aryl methyl sites for hydroxylation is 1. The van der Waals surface area contributed by atoms with Gasteiger partial charge in [0.25, 0.3) is 10.0 Å². The van der Waals surface area contributed by atoms with Crippen LogP contribution < -0.4 is 5.32 Å². The molecule has 1 aromatic heterocycles. The second-order valence-corrected chi connectivity index (χ2v) is 7.56. The maximum absolute atomic E-state index is 12.9. The molecular weight excluding hydrogens is 276 g/mol. The molecule has 0 unspecified atom stereocenters. The van der Waals surface area contributed by atoms with E-state index in [2.05, 4.69) is 10.4 Å². The summed E-state index contributed by atoms with van der Waals surface area (Å²) in [6.07, 6.45) is 4.53. The lowest BCUT2D eigenvalue weighted by Gasteiger charge is -2.34. The van der Waals surface area contributed by atoms with Crippen molar-refractivity contribution in [3.8, 4) is 0 Å². The molecule has 3 saturated heterocycles. The lowest BCUT2D eigenvalue weighted by atomic mass is 9.97. The topological polar surface area (TPSA) is 67.2 Å². The van der Waals surface area contributed by atoms with Crippen LogP contribution in [0.1, 0.15) is 26.2 Å². The molecule has 3 aliphatic rings. The van der Waals surface area contributed by atoms with E-state index in [4.69, 9.17) is 0 Å². The Morgan fingerprint density at radius 1 is 1.40 bits per heavy atom. The molecule has 4 heterocycles. The molecule has 2 bridgehead atoms. The number of piperidine rings is 1. The van der Waals surface area contributed by atoms with Crippen LogP contribution >= 0.6 is 0 Å². The Morgan fingerprint density at radius 2 is 2.25 bits per heavy atom. The number of hydrogen-bond acceptors (Lipinski definition) is 4. The van der Waals surface area contributed by atoms with Gasteiger partial charge in [-0.15, -0.1) is 0 Å². The molecule has 0 aromatic carbocycles. The van der Waals surface area contributed by atoms with Crippen LogP contribution in [0.25, 0.3) is 0 Å². The summed E-state index contributed by atoms with van der Waals surface area (Å²) in [5.74, 6) is 0.436. The SMILES string of the molecule is CCCn1nccc1S(=O)(=O)N1C[C@@H]2CC[C@H]1CNC2. The molecule has 0 saturated carbocycles. The monoisotopic (exact) mass is 298 g/mol. The molecule has 4 rings (SSSR count). The smallest absolute Gasteiger partial charge is 0.260 e.